The Morgan fingerprint density at radius 3 is 2.11 bits per heavy atom. The van der Waals surface area contributed by atoms with E-state index >= 15 is 0 Å². The second-order valence-electron chi connectivity index (χ2n) is 9.14. The molecule has 0 saturated carbocycles. The summed E-state index contributed by atoms with van der Waals surface area (Å²) in [4.78, 5) is 31.9. The van der Waals surface area contributed by atoms with Crippen LogP contribution in [-0.4, -0.2) is 53.3 Å². The van der Waals surface area contributed by atoms with Crippen molar-refractivity contribution in [2.24, 2.45) is 0 Å². The Morgan fingerprint density at radius 1 is 0.806 bits per heavy atom. The zero-order valence-electron chi connectivity index (χ0n) is 20.6. The minimum absolute atomic E-state index is 0.131. The number of carbonyl (C=O) groups is 2. The van der Waals surface area contributed by atoms with Crippen molar-refractivity contribution >= 4 is 61.3 Å². The maximum atomic E-state index is 13.0. The van der Waals surface area contributed by atoms with Crippen LogP contribution in [0.5, 0.6) is 0 Å². The Labute approximate surface area is 218 Å². The van der Waals surface area contributed by atoms with Crippen LogP contribution in [0.2, 0.25) is 0 Å². The highest BCUT2D eigenvalue weighted by Crippen LogP contribution is 2.63. The Bertz CT molecular complexity index is 1470. The van der Waals surface area contributed by atoms with E-state index in [0.717, 1.165) is 32.1 Å². The van der Waals surface area contributed by atoms with Gasteiger partial charge in [0.05, 0.1) is 10.7 Å². The van der Waals surface area contributed by atoms with Crippen LogP contribution in [-0.2, 0) is 9.59 Å². The molecule has 2 aliphatic rings. The number of benzene rings is 3. The molecule has 182 valence electrons. The predicted molar refractivity (Wildman–Crippen MR) is 154 cm³/mol. The summed E-state index contributed by atoms with van der Waals surface area (Å²) in [5, 5.41) is 3.66. The number of fused-ring (bicyclic) bond motifs is 1. The van der Waals surface area contributed by atoms with Gasteiger partial charge < -0.3 is 4.90 Å². The van der Waals surface area contributed by atoms with E-state index < -0.39 is 10.0 Å². The molecule has 0 unspecified atom stereocenters. The topological polar surface area (TPSA) is 43.9 Å². The number of allylic oxidation sites excluding steroid dienone is 3. The Morgan fingerprint density at radius 2 is 1.42 bits per heavy atom. The fourth-order valence-electron chi connectivity index (χ4n) is 4.60. The third kappa shape index (κ3) is 3.85. The molecular formula is C29H27N3O2S2. The Kier molecular flexibility index (Phi) is 6.06. The van der Waals surface area contributed by atoms with Crippen molar-refractivity contribution in [1.82, 2.24) is 9.80 Å². The molecule has 5 rings (SSSR count). The summed E-state index contributed by atoms with van der Waals surface area (Å²) in [6.07, 6.45) is 10.3. The third-order valence-corrected chi connectivity index (χ3v) is 10.0. The normalized spacial score (nSPS) is 18.3. The second-order valence-corrected chi connectivity index (χ2v) is 13.0. The molecule has 0 radical (unpaired) electrons. The van der Waals surface area contributed by atoms with Crippen LogP contribution >= 0.6 is 22.2 Å². The lowest BCUT2D eigenvalue weighted by Crippen LogP contribution is -2.52. The molecule has 0 bridgehead atoms. The van der Waals surface area contributed by atoms with E-state index in [9.17, 15) is 9.59 Å². The standard InChI is InChI=1S/C29H27N3O2S2/c1-30-27(33)24(28(34)31(2)29(30)35)19-22-17-18-26(36(22,3)4)32(21-13-6-5-7-14-21)25-16-10-12-20-11-8-9-15-23(20)25/h5-19H,1-4H3. The van der Waals surface area contributed by atoms with Crippen LogP contribution < -0.4 is 4.90 Å². The van der Waals surface area contributed by atoms with Gasteiger partial charge in [0.25, 0.3) is 11.8 Å². The van der Waals surface area contributed by atoms with Gasteiger partial charge in [-0.15, -0.1) is 0 Å². The molecule has 0 atom stereocenters. The number of amides is 2. The largest absolute Gasteiger partial charge is 0.305 e. The highest BCUT2D eigenvalue weighted by atomic mass is 32.3. The van der Waals surface area contributed by atoms with Crippen LogP contribution in [0.3, 0.4) is 0 Å². The van der Waals surface area contributed by atoms with Crippen molar-refractivity contribution in [2.45, 2.75) is 0 Å². The number of carbonyl (C=O) groups excluding carboxylic acids is 2. The number of hydrogen-bond donors (Lipinski definition) is 0. The molecule has 1 saturated heterocycles. The second kappa shape index (κ2) is 9.08. The Hall–Kier alpha value is -3.68. The van der Waals surface area contributed by atoms with Gasteiger partial charge in [0.1, 0.15) is 5.57 Å². The summed E-state index contributed by atoms with van der Waals surface area (Å²) in [7, 11) is 1.61. The van der Waals surface area contributed by atoms with Gasteiger partial charge in [-0.1, -0.05) is 54.6 Å². The number of hydrogen-bond acceptors (Lipinski definition) is 4. The number of thiocarbonyl (C=S) groups is 1. The Balaban J connectivity index is 1.60. The van der Waals surface area contributed by atoms with Gasteiger partial charge >= 0.3 is 0 Å². The first-order valence-electron chi connectivity index (χ1n) is 11.5. The maximum absolute atomic E-state index is 13.0. The SMILES string of the molecule is CN1C(=O)C(=CC2=CC=C(N(c3ccccc3)c3cccc4ccccc34)S2(C)C)C(=O)N(C)C1=S. The summed E-state index contributed by atoms with van der Waals surface area (Å²) in [5.41, 5.74) is 2.27. The number of para-hydroxylation sites is 1. The van der Waals surface area contributed by atoms with Crippen LogP contribution in [0.15, 0.2) is 107 Å². The van der Waals surface area contributed by atoms with Crippen molar-refractivity contribution in [3.63, 3.8) is 0 Å². The van der Waals surface area contributed by atoms with Crippen molar-refractivity contribution in [3.05, 3.63) is 107 Å². The summed E-state index contributed by atoms with van der Waals surface area (Å²) in [6, 6.07) is 25.0. The van der Waals surface area contributed by atoms with E-state index in [1.807, 2.05) is 30.3 Å². The minimum Gasteiger partial charge on any atom is -0.305 e. The fourth-order valence-corrected chi connectivity index (χ4v) is 6.89. The van der Waals surface area contributed by atoms with Crippen LogP contribution in [0.4, 0.5) is 11.4 Å². The summed E-state index contributed by atoms with van der Waals surface area (Å²) in [6.45, 7) is 0. The van der Waals surface area contributed by atoms with Crippen molar-refractivity contribution in [3.8, 4) is 0 Å². The maximum Gasteiger partial charge on any atom is 0.265 e. The quantitative estimate of drug-likeness (QED) is 0.247. The summed E-state index contributed by atoms with van der Waals surface area (Å²) in [5.74, 6) is -0.747. The highest BCUT2D eigenvalue weighted by Gasteiger charge is 2.38. The van der Waals surface area contributed by atoms with E-state index in [4.69, 9.17) is 12.2 Å². The molecule has 0 aliphatic carbocycles. The van der Waals surface area contributed by atoms with Gasteiger partial charge in [-0.2, -0.15) is 10.0 Å². The van der Waals surface area contributed by atoms with Gasteiger partial charge in [0, 0.05) is 25.2 Å². The number of anilines is 2. The molecule has 2 aliphatic heterocycles. The lowest BCUT2D eigenvalue weighted by atomic mass is 10.1. The first-order valence-corrected chi connectivity index (χ1v) is 14.4. The molecule has 0 N–H and O–H groups in total. The lowest BCUT2D eigenvalue weighted by Gasteiger charge is -2.40. The molecule has 2 amide bonds. The van der Waals surface area contributed by atoms with Crippen molar-refractivity contribution in [2.75, 3.05) is 31.5 Å². The average Bonchev–Trinajstić information content (AvgIpc) is 3.18. The van der Waals surface area contributed by atoms with Gasteiger partial charge in [-0.3, -0.25) is 19.4 Å². The fraction of sp³-hybridized carbons (Fsp3) is 0.138. The number of rotatable bonds is 4. The third-order valence-electron chi connectivity index (χ3n) is 6.68. The average molecular weight is 514 g/mol. The molecule has 7 heteroatoms. The smallest absolute Gasteiger partial charge is 0.265 e. The lowest BCUT2D eigenvalue weighted by molar-refractivity contribution is -0.132. The summed E-state index contributed by atoms with van der Waals surface area (Å²) >= 11 is 5.24. The van der Waals surface area contributed by atoms with E-state index in [0.29, 0.717) is 0 Å². The van der Waals surface area contributed by atoms with E-state index in [2.05, 4.69) is 72.0 Å². The van der Waals surface area contributed by atoms with Gasteiger partial charge in [-0.25, -0.2) is 0 Å². The molecule has 3 aromatic carbocycles. The van der Waals surface area contributed by atoms with Gasteiger partial charge in [-0.05, 0) is 71.4 Å². The highest BCUT2D eigenvalue weighted by molar-refractivity contribution is 8.39. The summed E-state index contributed by atoms with van der Waals surface area (Å²) < 4.78 is 0. The van der Waals surface area contributed by atoms with E-state index in [1.165, 1.54) is 9.80 Å². The van der Waals surface area contributed by atoms with Gasteiger partial charge in [0.15, 0.2) is 5.11 Å². The van der Waals surface area contributed by atoms with E-state index in [1.54, 1.807) is 20.2 Å². The number of nitrogens with zero attached hydrogens (tertiary/aromatic N) is 3. The van der Waals surface area contributed by atoms with Crippen molar-refractivity contribution < 1.29 is 9.59 Å². The molecule has 0 aromatic heterocycles. The molecule has 3 aromatic rings. The van der Waals surface area contributed by atoms with Gasteiger partial charge in [0.2, 0.25) is 0 Å². The molecular weight excluding hydrogens is 486 g/mol. The molecule has 2 heterocycles. The molecule has 0 spiro atoms. The van der Waals surface area contributed by atoms with Crippen LogP contribution in [0.1, 0.15) is 0 Å². The predicted octanol–water partition coefficient (Wildman–Crippen LogP) is 5.92. The number of likely N-dealkylation sites (N-methyl/N-ethyl adjacent to an activating group) is 2. The monoisotopic (exact) mass is 513 g/mol. The van der Waals surface area contributed by atoms with Crippen LogP contribution in [0.25, 0.3) is 10.8 Å². The van der Waals surface area contributed by atoms with E-state index in [-0.39, 0.29) is 22.5 Å². The zero-order valence-corrected chi connectivity index (χ0v) is 22.3. The minimum atomic E-state index is -1.59. The molecule has 36 heavy (non-hydrogen) atoms. The molecule has 1 fully saturated rings. The van der Waals surface area contributed by atoms with Crippen molar-refractivity contribution in [1.29, 1.82) is 0 Å². The first kappa shape index (κ1) is 24.0. The zero-order chi connectivity index (χ0) is 25.6. The molecule has 5 nitrogen and oxygen atoms in total. The van der Waals surface area contributed by atoms with Crippen LogP contribution in [0, 0.1) is 0 Å². The first-order chi connectivity index (χ1) is 17.2.